The standard InChI is InChI=1S/C11H13N3O2S/c1-3-9(11(15)16-4-2)17-10-8(7-12)13-5-6-14-10/h5-6,9H,3-4H2,1-2H3. The van der Waals surface area contributed by atoms with Gasteiger partial charge < -0.3 is 4.74 Å². The minimum absolute atomic E-state index is 0.236. The van der Waals surface area contributed by atoms with E-state index in [1.807, 2.05) is 13.0 Å². The van der Waals surface area contributed by atoms with Gasteiger partial charge in [0.05, 0.1) is 6.61 Å². The van der Waals surface area contributed by atoms with E-state index in [4.69, 9.17) is 10.00 Å². The molecule has 1 unspecified atom stereocenters. The van der Waals surface area contributed by atoms with Crippen molar-refractivity contribution in [3.63, 3.8) is 0 Å². The summed E-state index contributed by atoms with van der Waals surface area (Å²) in [6.07, 6.45) is 3.57. The van der Waals surface area contributed by atoms with E-state index < -0.39 is 0 Å². The second-order valence-corrected chi connectivity index (χ2v) is 4.28. The van der Waals surface area contributed by atoms with Crippen molar-refractivity contribution in [3.8, 4) is 6.07 Å². The quantitative estimate of drug-likeness (QED) is 0.586. The monoisotopic (exact) mass is 251 g/mol. The number of carbonyl (C=O) groups excluding carboxylic acids is 1. The maximum atomic E-state index is 11.6. The average Bonchev–Trinajstić information content (AvgIpc) is 2.36. The molecular weight excluding hydrogens is 238 g/mol. The van der Waals surface area contributed by atoms with Crippen LogP contribution in [0.25, 0.3) is 0 Å². The number of aromatic nitrogens is 2. The zero-order valence-electron chi connectivity index (χ0n) is 9.71. The number of hydrogen-bond donors (Lipinski definition) is 0. The van der Waals surface area contributed by atoms with Gasteiger partial charge in [-0.25, -0.2) is 9.97 Å². The van der Waals surface area contributed by atoms with Crippen molar-refractivity contribution in [2.24, 2.45) is 0 Å². The molecule has 1 heterocycles. The van der Waals surface area contributed by atoms with Gasteiger partial charge in [-0.1, -0.05) is 18.7 Å². The first-order chi connectivity index (χ1) is 8.22. The number of nitriles is 1. The SMILES string of the molecule is CCOC(=O)C(CC)Sc1nccnc1C#N. The van der Waals surface area contributed by atoms with Gasteiger partial charge in [0.25, 0.3) is 0 Å². The number of carbonyl (C=O) groups is 1. The molecule has 0 aliphatic heterocycles. The molecule has 1 rings (SSSR count). The Hall–Kier alpha value is -1.61. The molecular formula is C11H13N3O2S. The third kappa shape index (κ3) is 3.71. The van der Waals surface area contributed by atoms with Crippen LogP contribution in [0.2, 0.25) is 0 Å². The molecule has 1 atom stereocenters. The highest BCUT2D eigenvalue weighted by atomic mass is 32.2. The van der Waals surface area contributed by atoms with E-state index >= 15 is 0 Å². The summed E-state index contributed by atoms with van der Waals surface area (Å²) in [4.78, 5) is 19.5. The van der Waals surface area contributed by atoms with Crippen LogP contribution in [0.3, 0.4) is 0 Å². The number of hydrogen-bond acceptors (Lipinski definition) is 6. The molecule has 0 spiro atoms. The lowest BCUT2D eigenvalue weighted by Gasteiger charge is -2.12. The van der Waals surface area contributed by atoms with Gasteiger partial charge >= 0.3 is 5.97 Å². The first-order valence-electron chi connectivity index (χ1n) is 5.27. The number of rotatable bonds is 5. The van der Waals surface area contributed by atoms with Crippen LogP contribution in [0, 0.1) is 11.3 Å². The Morgan fingerprint density at radius 2 is 2.24 bits per heavy atom. The van der Waals surface area contributed by atoms with Gasteiger partial charge in [0.15, 0.2) is 5.69 Å². The molecule has 0 amide bonds. The van der Waals surface area contributed by atoms with Crippen LogP contribution in [-0.2, 0) is 9.53 Å². The van der Waals surface area contributed by atoms with E-state index in [2.05, 4.69) is 9.97 Å². The summed E-state index contributed by atoms with van der Waals surface area (Å²) in [6, 6.07) is 1.95. The third-order valence-corrected chi connectivity index (χ3v) is 3.28. The summed E-state index contributed by atoms with van der Waals surface area (Å²) in [6.45, 7) is 4.00. The molecule has 0 bridgehead atoms. The minimum atomic E-state index is -0.348. The normalized spacial score (nSPS) is 11.6. The molecule has 0 N–H and O–H groups in total. The smallest absolute Gasteiger partial charge is 0.319 e. The Morgan fingerprint density at radius 3 is 2.82 bits per heavy atom. The summed E-state index contributed by atoms with van der Waals surface area (Å²) in [5.74, 6) is -0.283. The average molecular weight is 251 g/mol. The van der Waals surface area contributed by atoms with Gasteiger partial charge in [-0.15, -0.1) is 0 Å². The first-order valence-corrected chi connectivity index (χ1v) is 6.15. The van der Waals surface area contributed by atoms with Gasteiger partial charge in [-0.05, 0) is 13.3 Å². The maximum Gasteiger partial charge on any atom is 0.319 e. The van der Waals surface area contributed by atoms with Gasteiger partial charge in [-0.3, -0.25) is 4.79 Å². The van der Waals surface area contributed by atoms with Crippen LogP contribution in [-0.4, -0.2) is 27.8 Å². The molecule has 1 aromatic heterocycles. The summed E-state index contributed by atoms with van der Waals surface area (Å²) >= 11 is 1.22. The summed E-state index contributed by atoms with van der Waals surface area (Å²) in [5, 5.41) is 8.98. The molecule has 0 aromatic carbocycles. The molecule has 0 aliphatic carbocycles. The van der Waals surface area contributed by atoms with Crippen molar-refractivity contribution in [3.05, 3.63) is 18.1 Å². The number of esters is 1. The van der Waals surface area contributed by atoms with Crippen LogP contribution in [0.1, 0.15) is 26.0 Å². The Bertz CT molecular complexity index is 431. The van der Waals surface area contributed by atoms with E-state index in [1.165, 1.54) is 24.2 Å². The first kappa shape index (κ1) is 13.5. The second-order valence-electron chi connectivity index (χ2n) is 3.09. The number of ether oxygens (including phenoxy) is 1. The Labute approximate surface area is 104 Å². The zero-order valence-corrected chi connectivity index (χ0v) is 10.5. The molecule has 5 nitrogen and oxygen atoms in total. The molecule has 90 valence electrons. The van der Waals surface area contributed by atoms with Gasteiger partial charge in [0.2, 0.25) is 0 Å². The summed E-state index contributed by atoms with van der Waals surface area (Å²) in [5.41, 5.74) is 0.236. The van der Waals surface area contributed by atoms with Crippen molar-refractivity contribution in [1.29, 1.82) is 5.26 Å². The maximum absolute atomic E-state index is 11.6. The van der Waals surface area contributed by atoms with Gasteiger partial charge in [0, 0.05) is 12.4 Å². The highest BCUT2D eigenvalue weighted by Gasteiger charge is 2.21. The molecule has 0 aliphatic rings. The molecule has 0 saturated heterocycles. The van der Waals surface area contributed by atoms with Crippen molar-refractivity contribution in [1.82, 2.24) is 9.97 Å². The molecule has 6 heteroatoms. The fourth-order valence-corrected chi connectivity index (χ4v) is 2.09. The van der Waals surface area contributed by atoms with E-state index in [-0.39, 0.29) is 16.9 Å². The van der Waals surface area contributed by atoms with Crippen LogP contribution >= 0.6 is 11.8 Å². The molecule has 0 radical (unpaired) electrons. The van der Waals surface area contributed by atoms with E-state index in [0.29, 0.717) is 18.1 Å². The lowest BCUT2D eigenvalue weighted by atomic mass is 10.3. The Kier molecular flexibility index (Phi) is 5.43. The fraction of sp³-hybridized carbons (Fsp3) is 0.455. The highest BCUT2D eigenvalue weighted by Crippen LogP contribution is 2.26. The van der Waals surface area contributed by atoms with Crippen LogP contribution in [0.4, 0.5) is 0 Å². The van der Waals surface area contributed by atoms with E-state index in [9.17, 15) is 4.79 Å². The number of nitrogens with zero attached hydrogens (tertiary/aromatic N) is 3. The summed E-state index contributed by atoms with van der Waals surface area (Å²) in [7, 11) is 0. The highest BCUT2D eigenvalue weighted by molar-refractivity contribution is 8.00. The Morgan fingerprint density at radius 1 is 1.53 bits per heavy atom. The number of thioether (sulfide) groups is 1. The lowest BCUT2D eigenvalue weighted by molar-refractivity contribution is -0.142. The van der Waals surface area contributed by atoms with Crippen molar-refractivity contribution in [2.75, 3.05) is 6.61 Å². The van der Waals surface area contributed by atoms with E-state index in [0.717, 1.165) is 0 Å². The van der Waals surface area contributed by atoms with Crippen LogP contribution in [0.15, 0.2) is 17.4 Å². The molecule has 17 heavy (non-hydrogen) atoms. The van der Waals surface area contributed by atoms with Crippen molar-refractivity contribution in [2.45, 2.75) is 30.5 Å². The van der Waals surface area contributed by atoms with Crippen LogP contribution < -0.4 is 0 Å². The summed E-state index contributed by atoms with van der Waals surface area (Å²) < 4.78 is 4.95. The topological polar surface area (TPSA) is 75.9 Å². The molecule has 1 aromatic rings. The molecule has 0 fully saturated rings. The van der Waals surface area contributed by atoms with E-state index in [1.54, 1.807) is 6.92 Å². The predicted octanol–water partition coefficient (Wildman–Crippen LogP) is 1.78. The largest absolute Gasteiger partial charge is 0.465 e. The lowest BCUT2D eigenvalue weighted by Crippen LogP contribution is -2.19. The molecule has 0 saturated carbocycles. The second kappa shape index (κ2) is 6.86. The van der Waals surface area contributed by atoms with Crippen LogP contribution in [0.5, 0.6) is 0 Å². The van der Waals surface area contributed by atoms with Gasteiger partial charge in [-0.2, -0.15) is 5.26 Å². The van der Waals surface area contributed by atoms with Crippen molar-refractivity contribution >= 4 is 17.7 Å². The Balaban J connectivity index is 2.81. The predicted molar refractivity (Wildman–Crippen MR) is 63.3 cm³/mol. The third-order valence-electron chi connectivity index (χ3n) is 1.94. The fourth-order valence-electron chi connectivity index (χ4n) is 1.16. The van der Waals surface area contributed by atoms with Gasteiger partial charge in [0.1, 0.15) is 16.3 Å². The zero-order chi connectivity index (χ0) is 12.7. The van der Waals surface area contributed by atoms with Crippen molar-refractivity contribution < 1.29 is 9.53 Å². The minimum Gasteiger partial charge on any atom is -0.465 e.